The van der Waals surface area contributed by atoms with Crippen molar-refractivity contribution in [3.63, 3.8) is 0 Å². The molecule has 0 spiro atoms. The van der Waals surface area contributed by atoms with Crippen molar-refractivity contribution in [1.82, 2.24) is 0 Å². The minimum atomic E-state index is -0.318. The molecule has 2 amide bonds. The van der Waals surface area contributed by atoms with Gasteiger partial charge in [0.2, 0.25) is 0 Å². The van der Waals surface area contributed by atoms with Gasteiger partial charge in [0.05, 0.1) is 33.9 Å². The zero-order valence-electron chi connectivity index (χ0n) is 14.4. The van der Waals surface area contributed by atoms with E-state index >= 15 is 0 Å². The van der Waals surface area contributed by atoms with E-state index in [1.807, 2.05) is 36.4 Å². The van der Waals surface area contributed by atoms with Crippen molar-refractivity contribution < 1.29 is 9.59 Å². The van der Waals surface area contributed by atoms with Crippen LogP contribution in [0.15, 0.2) is 82.0 Å². The number of carbonyl (C=O) groups is 2. The van der Waals surface area contributed by atoms with Gasteiger partial charge in [-0.25, -0.2) is 0 Å². The number of hydrazone groups is 2. The lowest BCUT2D eigenvalue weighted by Gasteiger charge is -2.13. The van der Waals surface area contributed by atoms with E-state index in [2.05, 4.69) is 10.2 Å². The van der Waals surface area contributed by atoms with E-state index in [-0.39, 0.29) is 11.8 Å². The maximum Gasteiger partial charge on any atom is 0.281 e. The highest BCUT2D eigenvalue weighted by Gasteiger charge is 2.39. The Labute approximate surface area is 150 Å². The summed E-state index contributed by atoms with van der Waals surface area (Å²) in [6.45, 7) is 3.46. The second-order valence-electron chi connectivity index (χ2n) is 6.03. The SMILES string of the molecule is CC1=NN(c2ccccc2)C(=O)C1=C1C(=O)N(c2ccccc2)N=C1C. The highest BCUT2D eigenvalue weighted by atomic mass is 16.2. The summed E-state index contributed by atoms with van der Waals surface area (Å²) in [7, 11) is 0. The first-order valence-corrected chi connectivity index (χ1v) is 8.22. The maximum atomic E-state index is 13.0. The van der Waals surface area contributed by atoms with Crippen LogP contribution in [-0.4, -0.2) is 23.2 Å². The van der Waals surface area contributed by atoms with Crippen LogP contribution in [-0.2, 0) is 9.59 Å². The molecule has 2 aromatic rings. The van der Waals surface area contributed by atoms with Crippen LogP contribution in [0.25, 0.3) is 0 Å². The lowest BCUT2D eigenvalue weighted by Crippen LogP contribution is -2.27. The topological polar surface area (TPSA) is 65.3 Å². The third kappa shape index (κ3) is 2.43. The molecule has 26 heavy (non-hydrogen) atoms. The van der Waals surface area contributed by atoms with Crippen LogP contribution in [0.4, 0.5) is 11.4 Å². The summed E-state index contributed by atoms with van der Waals surface area (Å²) < 4.78 is 0. The second-order valence-corrected chi connectivity index (χ2v) is 6.03. The molecule has 2 aliphatic rings. The Balaban J connectivity index is 1.76. The number of rotatable bonds is 2. The van der Waals surface area contributed by atoms with Gasteiger partial charge in [0.15, 0.2) is 0 Å². The minimum Gasteiger partial charge on any atom is -0.267 e. The highest BCUT2D eigenvalue weighted by Crippen LogP contribution is 2.30. The smallest absolute Gasteiger partial charge is 0.267 e. The Morgan fingerprint density at radius 1 is 0.615 bits per heavy atom. The van der Waals surface area contributed by atoms with E-state index in [0.717, 1.165) is 0 Å². The fraction of sp³-hybridized carbons (Fsp3) is 0.100. The molecule has 0 aliphatic carbocycles. The van der Waals surface area contributed by atoms with Crippen LogP contribution in [0.5, 0.6) is 0 Å². The number of para-hydroxylation sites is 2. The summed E-state index contributed by atoms with van der Waals surface area (Å²) in [6.07, 6.45) is 0. The van der Waals surface area contributed by atoms with Crippen molar-refractivity contribution in [2.24, 2.45) is 10.2 Å². The predicted octanol–water partition coefficient (Wildman–Crippen LogP) is 3.13. The van der Waals surface area contributed by atoms with Crippen LogP contribution < -0.4 is 10.0 Å². The number of anilines is 2. The van der Waals surface area contributed by atoms with E-state index in [1.54, 1.807) is 38.1 Å². The first-order chi connectivity index (χ1) is 12.6. The van der Waals surface area contributed by atoms with Gasteiger partial charge >= 0.3 is 0 Å². The Morgan fingerprint density at radius 2 is 0.962 bits per heavy atom. The third-order valence-corrected chi connectivity index (χ3v) is 4.29. The summed E-state index contributed by atoms with van der Waals surface area (Å²) in [5, 5.41) is 11.3. The van der Waals surface area contributed by atoms with E-state index in [1.165, 1.54) is 10.0 Å². The Kier molecular flexibility index (Phi) is 3.73. The summed E-state index contributed by atoms with van der Waals surface area (Å²) in [4.78, 5) is 25.9. The number of benzene rings is 2. The van der Waals surface area contributed by atoms with Crippen LogP contribution in [0.2, 0.25) is 0 Å². The average molecular weight is 344 g/mol. The van der Waals surface area contributed by atoms with Gasteiger partial charge in [-0.15, -0.1) is 0 Å². The van der Waals surface area contributed by atoms with Gasteiger partial charge in [-0.2, -0.15) is 20.2 Å². The number of hydrogen-bond donors (Lipinski definition) is 0. The largest absolute Gasteiger partial charge is 0.281 e. The molecule has 6 nitrogen and oxygen atoms in total. The number of hydrogen-bond acceptors (Lipinski definition) is 4. The quantitative estimate of drug-likeness (QED) is 0.786. The van der Waals surface area contributed by atoms with Gasteiger partial charge in [0, 0.05) is 0 Å². The Hall–Kier alpha value is -3.54. The fourth-order valence-corrected chi connectivity index (χ4v) is 3.08. The lowest BCUT2D eigenvalue weighted by atomic mass is 10.0. The standard InChI is InChI=1S/C20H16N4O2/c1-13-17(19(25)23(21-13)15-9-5-3-6-10-15)18-14(2)22-24(20(18)26)16-11-7-4-8-12-16/h3-12H,1-2H3. The molecule has 0 radical (unpaired) electrons. The van der Waals surface area contributed by atoms with Gasteiger partial charge in [-0.05, 0) is 38.1 Å². The molecule has 0 unspecified atom stereocenters. The normalized spacial score (nSPS) is 19.9. The summed E-state index contributed by atoms with van der Waals surface area (Å²) in [5.74, 6) is -0.636. The first kappa shape index (κ1) is 16.0. The predicted molar refractivity (Wildman–Crippen MR) is 101 cm³/mol. The first-order valence-electron chi connectivity index (χ1n) is 8.22. The number of carbonyl (C=O) groups excluding carboxylic acids is 2. The minimum absolute atomic E-state index is 0.304. The molecule has 2 aliphatic heterocycles. The van der Waals surface area contributed by atoms with Crippen LogP contribution in [0.1, 0.15) is 13.8 Å². The van der Waals surface area contributed by atoms with Gasteiger partial charge in [0.25, 0.3) is 11.8 Å². The van der Waals surface area contributed by atoms with E-state index in [9.17, 15) is 9.59 Å². The average Bonchev–Trinajstić information content (AvgIpc) is 3.12. The van der Waals surface area contributed by atoms with Crippen LogP contribution in [0.3, 0.4) is 0 Å². The zero-order valence-corrected chi connectivity index (χ0v) is 14.4. The molecular weight excluding hydrogens is 328 g/mol. The highest BCUT2D eigenvalue weighted by molar-refractivity contribution is 6.41. The summed E-state index contributed by atoms with van der Waals surface area (Å²) >= 11 is 0. The van der Waals surface area contributed by atoms with Gasteiger partial charge in [-0.1, -0.05) is 36.4 Å². The van der Waals surface area contributed by atoms with E-state index in [4.69, 9.17) is 0 Å². The molecule has 4 rings (SSSR count). The molecule has 0 fully saturated rings. The summed E-state index contributed by atoms with van der Waals surface area (Å²) in [5.41, 5.74) is 2.94. The second kappa shape index (κ2) is 6.07. The Bertz CT molecular complexity index is 909. The molecular formula is C20H16N4O2. The Morgan fingerprint density at radius 3 is 1.31 bits per heavy atom. The number of nitrogens with zero attached hydrogens (tertiary/aromatic N) is 4. The number of amides is 2. The molecule has 128 valence electrons. The van der Waals surface area contributed by atoms with Crippen molar-refractivity contribution in [2.45, 2.75) is 13.8 Å². The van der Waals surface area contributed by atoms with Crippen LogP contribution in [0, 0.1) is 0 Å². The van der Waals surface area contributed by atoms with Gasteiger partial charge in [-0.3, -0.25) is 9.59 Å². The molecule has 0 atom stereocenters. The summed E-state index contributed by atoms with van der Waals surface area (Å²) in [6, 6.07) is 18.3. The molecule has 0 N–H and O–H groups in total. The lowest BCUT2D eigenvalue weighted by molar-refractivity contribution is -0.116. The van der Waals surface area contributed by atoms with Crippen LogP contribution >= 0.6 is 0 Å². The maximum absolute atomic E-state index is 13.0. The monoisotopic (exact) mass is 344 g/mol. The molecule has 0 saturated heterocycles. The van der Waals surface area contributed by atoms with E-state index in [0.29, 0.717) is 33.9 Å². The fourth-order valence-electron chi connectivity index (χ4n) is 3.08. The van der Waals surface area contributed by atoms with Gasteiger partial charge in [0.1, 0.15) is 0 Å². The van der Waals surface area contributed by atoms with E-state index < -0.39 is 0 Å². The molecule has 0 aromatic heterocycles. The third-order valence-electron chi connectivity index (χ3n) is 4.29. The van der Waals surface area contributed by atoms with Crippen molar-refractivity contribution in [1.29, 1.82) is 0 Å². The van der Waals surface area contributed by atoms with Crippen molar-refractivity contribution in [3.8, 4) is 0 Å². The molecule has 0 saturated carbocycles. The van der Waals surface area contributed by atoms with Crippen molar-refractivity contribution in [3.05, 3.63) is 71.8 Å². The molecule has 0 bridgehead atoms. The molecule has 2 aromatic carbocycles. The van der Waals surface area contributed by atoms with Crippen molar-refractivity contribution >= 4 is 34.6 Å². The van der Waals surface area contributed by atoms with Gasteiger partial charge < -0.3 is 0 Å². The molecule has 2 heterocycles. The van der Waals surface area contributed by atoms with Crippen molar-refractivity contribution in [2.75, 3.05) is 10.0 Å². The zero-order chi connectivity index (χ0) is 18.3. The molecule has 6 heteroatoms.